The molecule has 0 saturated heterocycles. The maximum absolute atomic E-state index is 9.10. The van der Waals surface area contributed by atoms with Crippen LogP contribution >= 0.6 is 0 Å². The lowest BCUT2D eigenvalue weighted by Crippen LogP contribution is -2.16. The summed E-state index contributed by atoms with van der Waals surface area (Å²) in [4.78, 5) is 18.2. The fourth-order valence-corrected chi connectivity index (χ4v) is 3.07. The van der Waals surface area contributed by atoms with Gasteiger partial charge in [0.15, 0.2) is 0 Å². The van der Waals surface area contributed by atoms with Gasteiger partial charge in [-0.3, -0.25) is 0 Å². The number of unbranched alkanes of at least 4 members (excludes halogenated alkanes) is 6. The van der Waals surface area contributed by atoms with Gasteiger partial charge in [0.25, 0.3) is 0 Å². The van der Waals surface area contributed by atoms with Crippen LogP contribution in [-0.2, 0) is 16.2 Å². The summed E-state index contributed by atoms with van der Waals surface area (Å²) in [5, 5.41) is 18.3. The molecule has 0 amide bonds. The first-order valence-corrected chi connectivity index (χ1v) is 12.1. The number of ether oxygens (including phenoxy) is 2. The van der Waals surface area contributed by atoms with Gasteiger partial charge in [0.05, 0.1) is 6.61 Å². The lowest BCUT2D eigenvalue weighted by Gasteiger charge is -2.09. The number of benzene rings is 2. The van der Waals surface area contributed by atoms with Crippen molar-refractivity contribution in [3.8, 4) is 11.5 Å². The van der Waals surface area contributed by atoms with Crippen molar-refractivity contribution in [2.45, 2.75) is 64.9 Å². The first-order chi connectivity index (χ1) is 16.5. The first-order valence-electron chi connectivity index (χ1n) is 12.1. The van der Waals surface area contributed by atoms with Crippen molar-refractivity contribution in [2.24, 2.45) is 0 Å². The third kappa shape index (κ3) is 15.7. The highest BCUT2D eigenvalue weighted by Crippen LogP contribution is 2.19. The fraction of sp³-hybridized carbons (Fsp3) is 0.481. The Bertz CT molecular complexity index is 767. The molecule has 0 atom stereocenters. The molecule has 2 aromatic rings. The molecule has 0 radical (unpaired) electrons. The summed E-state index contributed by atoms with van der Waals surface area (Å²) >= 11 is 0. The molecule has 188 valence electrons. The maximum Gasteiger partial charge on any atom is 0.414 e. The van der Waals surface area contributed by atoms with Gasteiger partial charge in [-0.15, -0.1) is 0 Å². The summed E-state index contributed by atoms with van der Waals surface area (Å²) in [5.74, 6) is -1.85. The SMILES string of the molecule is CCCCCNCCCCCCCOc1ccc(OCc2ccccc2)cc1.O=C(O)C(=O)O. The Hall–Kier alpha value is -3.06. The molecular formula is C27H39NO6. The molecule has 0 aliphatic carbocycles. The van der Waals surface area contributed by atoms with Crippen molar-refractivity contribution in [3.63, 3.8) is 0 Å². The fourth-order valence-electron chi connectivity index (χ4n) is 3.07. The Balaban J connectivity index is 0.000000852. The van der Waals surface area contributed by atoms with Crippen LogP contribution in [0.25, 0.3) is 0 Å². The quantitative estimate of drug-likeness (QED) is 0.217. The number of hydrogen-bond acceptors (Lipinski definition) is 5. The molecule has 0 aromatic heterocycles. The van der Waals surface area contributed by atoms with Crippen LogP contribution in [0.1, 0.15) is 63.9 Å². The van der Waals surface area contributed by atoms with Crippen LogP contribution in [0.5, 0.6) is 11.5 Å². The molecule has 3 N–H and O–H groups in total. The van der Waals surface area contributed by atoms with E-state index in [4.69, 9.17) is 29.3 Å². The zero-order valence-corrected chi connectivity index (χ0v) is 20.2. The molecule has 2 rings (SSSR count). The molecule has 2 aromatic carbocycles. The Labute approximate surface area is 203 Å². The predicted octanol–water partition coefficient (Wildman–Crippen LogP) is 5.53. The number of carboxylic acid groups (broad SMARTS) is 2. The lowest BCUT2D eigenvalue weighted by molar-refractivity contribution is -0.159. The Morgan fingerprint density at radius 2 is 1.24 bits per heavy atom. The van der Waals surface area contributed by atoms with E-state index in [2.05, 4.69) is 24.4 Å². The second-order valence-electron chi connectivity index (χ2n) is 7.93. The van der Waals surface area contributed by atoms with Gasteiger partial charge in [0.2, 0.25) is 0 Å². The summed E-state index contributed by atoms with van der Waals surface area (Å²) in [5.41, 5.74) is 1.18. The Morgan fingerprint density at radius 3 is 1.82 bits per heavy atom. The van der Waals surface area contributed by atoms with Gasteiger partial charge in [0.1, 0.15) is 18.1 Å². The van der Waals surface area contributed by atoms with Crippen LogP contribution in [0.15, 0.2) is 54.6 Å². The largest absolute Gasteiger partial charge is 0.494 e. The Kier molecular flexibility index (Phi) is 16.5. The summed E-state index contributed by atoms with van der Waals surface area (Å²) in [6.45, 7) is 5.98. The van der Waals surface area contributed by atoms with Crippen LogP contribution in [-0.4, -0.2) is 41.8 Å². The molecule has 0 unspecified atom stereocenters. The highest BCUT2D eigenvalue weighted by atomic mass is 16.5. The molecule has 0 aliphatic heterocycles. The summed E-state index contributed by atoms with van der Waals surface area (Å²) in [6, 6.07) is 18.2. The number of carboxylic acids is 2. The number of hydrogen-bond donors (Lipinski definition) is 3. The third-order valence-electron chi connectivity index (χ3n) is 4.98. The molecule has 0 aliphatic rings. The predicted molar refractivity (Wildman–Crippen MR) is 133 cm³/mol. The average molecular weight is 474 g/mol. The smallest absolute Gasteiger partial charge is 0.414 e. The van der Waals surface area contributed by atoms with E-state index in [0.717, 1.165) is 24.5 Å². The van der Waals surface area contributed by atoms with Gasteiger partial charge in [-0.2, -0.15) is 0 Å². The van der Waals surface area contributed by atoms with E-state index in [1.165, 1.54) is 63.6 Å². The molecule has 0 spiro atoms. The van der Waals surface area contributed by atoms with E-state index < -0.39 is 11.9 Å². The number of carbonyl (C=O) groups is 2. The molecule has 0 saturated carbocycles. The highest BCUT2D eigenvalue weighted by molar-refractivity contribution is 6.27. The monoisotopic (exact) mass is 473 g/mol. The van der Waals surface area contributed by atoms with E-state index in [0.29, 0.717) is 6.61 Å². The lowest BCUT2D eigenvalue weighted by atomic mass is 10.1. The van der Waals surface area contributed by atoms with Gasteiger partial charge in [-0.1, -0.05) is 69.4 Å². The number of nitrogens with one attached hydrogen (secondary N) is 1. The van der Waals surface area contributed by atoms with E-state index >= 15 is 0 Å². The molecular weight excluding hydrogens is 434 g/mol. The second-order valence-corrected chi connectivity index (χ2v) is 7.93. The van der Waals surface area contributed by atoms with Crippen LogP contribution in [0.4, 0.5) is 0 Å². The van der Waals surface area contributed by atoms with E-state index in [9.17, 15) is 0 Å². The Morgan fingerprint density at radius 1 is 0.706 bits per heavy atom. The molecule has 0 fully saturated rings. The van der Waals surface area contributed by atoms with E-state index in [1.54, 1.807) is 0 Å². The van der Waals surface area contributed by atoms with E-state index in [1.807, 2.05) is 42.5 Å². The zero-order chi connectivity index (χ0) is 24.9. The van der Waals surface area contributed by atoms with Crippen molar-refractivity contribution >= 4 is 11.9 Å². The molecule has 7 heteroatoms. The van der Waals surface area contributed by atoms with Crippen LogP contribution in [0, 0.1) is 0 Å². The maximum atomic E-state index is 9.10. The molecule has 7 nitrogen and oxygen atoms in total. The van der Waals surface area contributed by atoms with Crippen LogP contribution in [0.3, 0.4) is 0 Å². The molecule has 0 heterocycles. The van der Waals surface area contributed by atoms with Gasteiger partial charge in [-0.05, 0) is 62.2 Å². The average Bonchev–Trinajstić information content (AvgIpc) is 2.85. The van der Waals surface area contributed by atoms with Crippen LogP contribution in [0.2, 0.25) is 0 Å². The summed E-state index contributed by atoms with van der Waals surface area (Å²) in [6.07, 6.45) is 10.2. The minimum atomic E-state index is -1.82. The molecule has 0 bridgehead atoms. The van der Waals surface area contributed by atoms with Crippen molar-refractivity contribution < 1.29 is 29.3 Å². The number of rotatable bonds is 16. The minimum Gasteiger partial charge on any atom is -0.494 e. The summed E-state index contributed by atoms with van der Waals surface area (Å²) in [7, 11) is 0. The van der Waals surface area contributed by atoms with Crippen molar-refractivity contribution in [2.75, 3.05) is 19.7 Å². The van der Waals surface area contributed by atoms with E-state index in [-0.39, 0.29) is 0 Å². The first kappa shape index (κ1) is 29.0. The normalized spacial score (nSPS) is 10.1. The van der Waals surface area contributed by atoms with Gasteiger partial charge in [-0.25, -0.2) is 9.59 Å². The topological polar surface area (TPSA) is 105 Å². The summed E-state index contributed by atoms with van der Waals surface area (Å²) < 4.78 is 11.6. The zero-order valence-electron chi connectivity index (χ0n) is 20.2. The van der Waals surface area contributed by atoms with Crippen molar-refractivity contribution in [1.82, 2.24) is 5.32 Å². The van der Waals surface area contributed by atoms with Gasteiger partial charge in [0, 0.05) is 0 Å². The molecule has 34 heavy (non-hydrogen) atoms. The highest BCUT2D eigenvalue weighted by Gasteiger charge is 2.04. The van der Waals surface area contributed by atoms with Crippen molar-refractivity contribution in [3.05, 3.63) is 60.2 Å². The minimum absolute atomic E-state index is 0.593. The standard InChI is InChI=1S/C25H37NO2.C2H2O4/c1-2-3-10-19-26-20-11-5-4-6-12-21-27-24-15-17-25(18-16-24)28-22-23-13-8-7-9-14-23;3-1(4)2(5)6/h7-9,13-18,26H,2-6,10-12,19-22H2,1H3;(H,3,4)(H,5,6). The van der Waals surface area contributed by atoms with Crippen molar-refractivity contribution in [1.29, 1.82) is 0 Å². The third-order valence-corrected chi connectivity index (χ3v) is 4.98. The van der Waals surface area contributed by atoms with Gasteiger partial charge < -0.3 is 25.0 Å². The van der Waals surface area contributed by atoms with Gasteiger partial charge >= 0.3 is 11.9 Å². The second kappa shape index (κ2) is 19.4. The number of aliphatic carboxylic acids is 2. The van der Waals surface area contributed by atoms with Crippen LogP contribution < -0.4 is 14.8 Å².